The Bertz CT molecular complexity index is 654. The minimum atomic E-state index is -4.65. The number of nitrogens with one attached hydrogen (secondary N) is 1. The highest BCUT2D eigenvalue weighted by atomic mass is 19.4. The van der Waals surface area contributed by atoms with Gasteiger partial charge >= 0.3 is 6.36 Å². The van der Waals surface area contributed by atoms with Gasteiger partial charge in [-0.1, -0.05) is 18.2 Å². The average molecular weight is 351 g/mol. The molecule has 0 bridgehead atoms. The largest absolute Gasteiger partial charge is 0.573 e. The van der Waals surface area contributed by atoms with Crippen molar-refractivity contribution >= 4 is 5.82 Å². The van der Waals surface area contributed by atoms with Gasteiger partial charge < -0.3 is 15.0 Å². The van der Waals surface area contributed by atoms with E-state index in [0.717, 1.165) is 37.3 Å². The van der Waals surface area contributed by atoms with Crippen molar-refractivity contribution in [2.24, 2.45) is 0 Å². The fraction of sp³-hybridized carbons (Fsp3) is 0.389. The van der Waals surface area contributed by atoms with E-state index in [9.17, 15) is 13.2 Å². The number of benzene rings is 1. The van der Waals surface area contributed by atoms with Crippen molar-refractivity contribution < 1.29 is 17.9 Å². The van der Waals surface area contributed by atoms with Crippen LogP contribution in [0.5, 0.6) is 5.75 Å². The maximum Gasteiger partial charge on any atom is 0.573 e. The quantitative estimate of drug-likeness (QED) is 0.891. The molecule has 134 valence electrons. The first-order valence-electron chi connectivity index (χ1n) is 8.24. The number of ether oxygens (including phenoxy) is 1. The number of alkyl halides is 3. The van der Waals surface area contributed by atoms with Crippen LogP contribution in [-0.2, 0) is 6.54 Å². The number of aromatic nitrogens is 1. The third-order valence-corrected chi connectivity index (χ3v) is 4.22. The Morgan fingerprint density at radius 1 is 1.08 bits per heavy atom. The van der Waals surface area contributed by atoms with Gasteiger partial charge in [0.25, 0.3) is 0 Å². The van der Waals surface area contributed by atoms with E-state index in [4.69, 9.17) is 0 Å². The molecule has 0 saturated carbocycles. The maximum absolute atomic E-state index is 12.1. The summed E-state index contributed by atoms with van der Waals surface area (Å²) in [5, 5.41) is 3.47. The van der Waals surface area contributed by atoms with Crippen molar-refractivity contribution in [1.29, 1.82) is 0 Å². The van der Waals surface area contributed by atoms with Gasteiger partial charge in [-0.25, -0.2) is 4.98 Å². The Morgan fingerprint density at radius 2 is 1.80 bits per heavy atom. The summed E-state index contributed by atoms with van der Waals surface area (Å²) in [6.07, 6.45) is -0.842. The van der Waals surface area contributed by atoms with Crippen LogP contribution in [0.1, 0.15) is 18.4 Å². The fourth-order valence-electron chi connectivity index (χ4n) is 2.92. The minimum Gasteiger partial charge on any atom is -0.406 e. The molecule has 0 aliphatic carbocycles. The van der Waals surface area contributed by atoms with Crippen LogP contribution in [0, 0.1) is 0 Å². The lowest BCUT2D eigenvalue weighted by Gasteiger charge is -2.33. The fourth-order valence-corrected chi connectivity index (χ4v) is 2.92. The highest BCUT2D eigenvalue weighted by molar-refractivity contribution is 5.38. The zero-order valence-electron chi connectivity index (χ0n) is 13.7. The van der Waals surface area contributed by atoms with Gasteiger partial charge in [-0.2, -0.15) is 0 Å². The maximum atomic E-state index is 12.1. The van der Waals surface area contributed by atoms with Gasteiger partial charge in [-0.3, -0.25) is 0 Å². The smallest absolute Gasteiger partial charge is 0.406 e. The van der Waals surface area contributed by atoms with Crippen molar-refractivity contribution in [1.82, 2.24) is 10.3 Å². The number of hydrogen-bond donors (Lipinski definition) is 1. The number of anilines is 1. The molecular weight excluding hydrogens is 331 g/mol. The number of nitrogens with zero attached hydrogens (tertiary/aromatic N) is 2. The van der Waals surface area contributed by atoms with Crippen LogP contribution < -0.4 is 15.0 Å². The molecule has 2 aromatic rings. The standard InChI is InChI=1S/C18H20F3N3O/c19-18(20,21)25-16-6-4-14(5-7-16)13-23-15-8-11-24(12-9-15)17-3-1-2-10-22-17/h1-7,10,15,23H,8-9,11-13H2. The molecule has 0 amide bonds. The van der Waals surface area contributed by atoms with Gasteiger partial charge in [0.2, 0.25) is 0 Å². The molecule has 1 aromatic carbocycles. The molecule has 0 radical (unpaired) electrons. The van der Waals surface area contributed by atoms with E-state index in [2.05, 4.69) is 19.9 Å². The Morgan fingerprint density at radius 3 is 2.40 bits per heavy atom. The first kappa shape index (κ1) is 17.5. The van der Waals surface area contributed by atoms with Gasteiger partial charge in [-0.05, 0) is 42.7 Å². The summed E-state index contributed by atoms with van der Waals surface area (Å²) in [5.74, 6) is 0.807. The summed E-state index contributed by atoms with van der Waals surface area (Å²) in [6, 6.07) is 12.3. The van der Waals surface area contributed by atoms with Gasteiger partial charge in [0.1, 0.15) is 11.6 Å². The number of piperidine rings is 1. The van der Waals surface area contributed by atoms with Crippen molar-refractivity contribution in [3.05, 3.63) is 54.2 Å². The molecule has 1 N–H and O–H groups in total. The summed E-state index contributed by atoms with van der Waals surface area (Å²) < 4.78 is 40.3. The number of hydrogen-bond acceptors (Lipinski definition) is 4. The van der Waals surface area contributed by atoms with Crippen LogP contribution in [0.2, 0.25) is 0 Å². The van der Waals surface area contributed by atoms with E-state index < -0.39 is 6.36 Å². The molecule has 2 heterocycles. The van der Waals surface area contributed by atoms with Crippen LogP contribution in [0.3, 0.4) is 0 Å². The molecule has 4 nitrogen and oxygen atoms in total. The second-order valence-corrected chi connectivity index (χ2v) is 6.02. The van der Waals surface area contributed by atoms with Crippen molar-refractivity contribution in [3.63, 3.8) is 0 Å². The van der Waals surface area contributed by atoms with Gasteiger partial charge in [-0.15, -0.1) is 13.2 Å². The Hall–Kier alpha value is -2.28. The minimum absolute atomic E-state index is 0.195. The summed E-state index contributed by atoms with van der Waals surface area (Å²) in [4.78, 5) is 6.63. The van der Waals surface area contributed by atoms with Crippen LogP contribution in [-0.4, -0.2) is 30.5 Å². The average Bonchev–Trinajstić information content (AvgIpc) is 2.61. The van der Waals surface area contributed by atoms with Crippen LogP contribution >= 0.6 is 0 Å². The lowest BCUT2D eigenvalue weighted by Crippen LogP contribution is -2.42. The molecular formula is C18H20F3N3O. The number of rotatable bonds is 5. The molecule has 3 rings (SSSR count). The van der Waals surface area contributed by atoms with Crippen molar-refractivity contribution in [2.75, 3.05) is 18.0 Å². The van der Waals surface area contributed by atoms with Crippen molar-refractivity contribution in [3.8, 4) is 5.75 Å². The monoisotopic (exact) mass is 351 g/mol. The topological polar surface area (TPSA) is 37.4 Å². The van der Waals surface area contributed by atoms with Gasteiger partial charge in [0.05, 0.1) is 0 Å². The van der Waals surface area contributed by atoms with E-state index >= 15 is 0 Å². The lowest BCUT2D eigenvalue weighted by atomic mass is 10.0. The third kappa shape index (κ3) is 5.35. The van der Waals surface area contributed by atoms with Crippen molar-refractivity contribution in [2.45, 2.75) is 31.8 Å². The summed E-state index contributed by atoms with van der Waals surface area (Å²) in [7, 11) is 0. The Labute approximate surface area is 144 Å². The Kier molecular flexibility index (Phi) is 5.43. The zero-order valence-corrected chi connectivity index (χ0v) is 13.7. The number of pyridine rings is 1. The predicted octanol–water partition coefficient (Wildman–Crippen LogP) is 3.74. The highest BCUT2D eigenvalue weighted by Crippen LogP contribution is 2.23. The second-order valence-electron chi connectivity index (χ2n) is 6.02. The SMILES string of the molecule is FC(F)(F)Oc1ccc(CNC2CCN(c3ccccn3)CC2)cc1. The summed E-state index contributed by atoms with van der Waals surface area (Å²) >= 11 is 0. The predicted molar refractivity (Wildman–Crippen MR) is 89.4 cm³/mol. The first-order valence-corrected chi connectivity index (χ1v) is 8.24. The molecule has 1 aliphatic heterocycles. The highest BCUT2D eigenvalue weighted by Gasteiger charge is 2.30. The molecule has 0 unspecified atom stereocenters. The molecule has 1 aliphatic rings. The normalized spacial score (nSPS) is 16.0. The third-order valence-electron chi connectivity index (χ3n) is 4.22. The Balaban J connectivity index is 1.44. The summed E-state index contributed by atoms with van der Waals surface area (Å²) in [5.41, 5.74) is 0.932. The molecule has 1 fully saturated rings. The first-order chi connectivity index (χ1) is 12.0. The molecule has 0 spiro atoms. The van der Waals surface area contributed by atoms with E-state index in [1.54, 1.807) is 18.3 Å². The van der Waals surface area contributed by atoms with Crippen LogP contribution in [0.25, 0.3) is 0 Å². The lowest BCUT2D eigenvalue weighted by molar-refractivity contribution is -0.274. The van der Waals surface area contributed by atoms with Gasteiger partial charge in [0, 0.05) is 31.9 Å². The van der Waals surface area contributed by atoms with Crippen LogP contribution in [0.15, 0.2) is 48.7 Å². The van der Waals surface area contributed by atoms with E-state index in [1.807, 2.05) is 18.2 Å². The second kappa shape index (κ2) is 7.74. The number of halogens is 3. The molecule has 1 aromatic heterocycles. The molecule has 1 saturated heterocycles. The molecule has 7 heteroatoms. The van der Waals surface area contributed by atoms with Crippen LogP contribution in [0.4, 0.5) is 19.0 Å². The molecule has 25 heavy (non-hydrogen) atoms. The van der Waals surface area contributed by atoms with E-state index in [0.29, 0.717) is 12.6 Å². The van der Waals surface area contributed by atoms with E-state index in [1.165, 1.54) is 12.1 Å². The molecule has 0 atom stereocenters. The summed E-state index contributed by atoms with van der Waals surface area (Å²) in [6.45, 7) is 2.50. The van der Waals surface area contributed by atoms with Gasteiger partial charge in [0.15, 0.2) is 0 Å². The zero-order chi connectivity index (χ0) is 17.7. The van der Waals surface area contributed by atoms with E-state index in [-0.39, 0.29) is 5.75 Å².